The molecule has 1 radical (unpaired) electrons. The Morgan fingerprint density at radius 1 is 1.38 bits per heavy atom. The summed E-state index contributed by atoms with van der Waals surface area (Å²) in [6.07, 6.45) is 3.58. The van der Waals surface area contributed by atoms with Crippen LogP contribution in [0.15, 0.2) is 18.3 Å². The predicted octanol–water partition coefficient (Wildman–Crippen LogP) is 1.61. The highest BCUT2D eigenvalue weighted by molar-refractivity contribution is 6.36. The van der Waals surface area contributed by atoms with Crippen molar-refractivity contribution in [2.75, 3.05) is 39.2 Å². The van der Waals surface area contributed by atoms with Gasteiger partial charge in [0.1, 0.15) is 5.82 Å². The fraction of sp³-hybridized carbons (Fsp3) is 0.526. The molecule has 1 fully saturated rings. The van der Waals surface area contributed by atoms with Gasteiger partial charge in [-0.2, -0.15) is 5.10 Å². The average Bonchev–Trinajstić information content (AvgIpc) is 3.27. The van der Waals surface area contributed by atoms with Gasteiger partial charge in [-0.1, -0.05) is 0 Å². The van der Waals surface area contributed by atoms with Crippen LogP contribution in [0.25, 0.3) is 11.3 Å². The SMILES string of the molecule is COCCCN1[B][C@H](NC(=O)Nc2c(C)c(-c3ccc(OC)nc3)nn2C)CC1. The van der Waals surface area contributed by atoms with Crippen LogP contribution in [0.4, 0.5) is 10.6 Å². The minimum absolute atomic E-state index is 0.0244. The molecule has 1 saturated heterocycles. The quantitative estimate of drug-likeness (QED) is 0.518. The smallest absolute Gasteiger partial charge is 0.320 e. The lowest BCUT2D eigenvalue weighted by Crippen LogP contribution is -2.42. The lowest BCUT2D eigenvalue weighted by molar-refractivity contribution is 0.188. The number of anilines is 1. The van der Waals surface area contributed by atoms with Crippen LogP contribution in [0.5, 0.6) is 5.88 Å². The minimum atomic E-state index is -0.240. The van der Waals surface area contributed by atoms with E-state index in [0.717, 1.165) is 49.4 Å². The fourth-order valence-electron chi connectivity index (χ4n) is 3.45. The number of nitrogens with one attached hydrogen (secondary N) is 2. The maximum atomic E-state index is 12.5. The molecule has 3 rings (SSSR count). The molecule has 10 heteroatoms. The molecular formula is C19H28BN6O3. The maximum Gasteiger partial charge on any atom is 0.320 e. The summed E-state index contributed by atoms with van der Waals surface area (Å²) >= 11 is 0. The van der Waals surface area contributed by atoms with Crippen molar-refractivity contribution in [1.29, 1.82) is 0 Å². The van der Waals surface area contributed by atoms with Gasteiger partial charge in [-0.3, -0.25) is 10.00 Å². The monoisotopic (exact) mass is 399 g/mol. The predicted molar refractivity (Wildman–Crippen MR) is 112 cm³/mol. The molecule has 1 aliphatic rings. The normalized spacial score (nSPS) is 16.5. The van der Waals surface area contributed by atoms with E-state index >= 15 is 0 Å². The van der Waals surface area contributed by atoms with Crippen LogP contribution in [-0.2, 0) is 11.8 Å². The third-order valence-corrected chi connectivity index (χ3v) is 4.96. The molecule has 2 aromatic rings. The molecule has 1 atom stereocenters. The first-order valence-electron chi connectivity index (χ1n) is 9.71. The van der Waals surface area contributed by atoms with E-state index in [1.807, 2.05) is 20.0 Å². The molecule has 2 N–H and O–H groups in total. The first-order valence-corrected chi connectivity index (χ1v) is 9.71. The van der Waals surface area contributed by atoms with Gasteiger partial charge in [0.05, 0.1) is 12.8 Å². The Kier molecular flexibility index (Phi) is 7.11. The first kappa shape index (κ1) is 21.1. The molecule has 0 aliphatic carbocycles. The van der Waals surface area contributed by atoms with E-state index in [4.69, 9.17) is 9.47 Å². The van der Waals surface area contributed by atoms with Crippen LogP contribution in [0, 0.1) is 6.92 Å². The second-order valence-corrected chi connectivity index (χ2v) is 7.06. The van der Waals surface area contributed by atoms with Crippen LogP contribution in [0.2, 0.25) is 0 Å². The molecule has 0 bridgehead atoms. The Morgan fingerprint density at radius 3 is 2.90 bits per heavy atom. The number of hydrogen-bond donors (Lipinski definition) is 2. The number of urea groups is 1. The maximum absolute atomic E-state index is 12.5. The van der Waals surface area contributed by atoms with Gasteiger partial charge in [-0.05, 0) is 38.9 Å². The number of methoxy groups -OCH3 is 2. The molecule has 0 saturated carbocycles. The number of nitrogens with zero attached hydrogens (tertiary/aromatic N) is 4. The van der Waals surface area contributed by atoms with E-state index in [2.05, 4.69) is 32.9 Å². The Labute approximate surface area is 172 Å². The molecule has 29 heavy (non-hydrogen) atoms. The van der Waals surface area contributed by atoms with Gasteiger partial charge in [0.2, 0.25) is 13.3 Å². The van der Waals surface area contributed by atoms with Crippen molar-refractivity contribution in [1.82, 2.24) is 24.9 Å². The largest absolute Gasteiger partial charge is 0.481 e. The number of carbonyl (C=O) groups is 1. The number of aromatic nitrogens is 3. The number of rotatable bonds is 8. The molecule has 0 aromatic carbocycles. The first-order chi connectivity index (χ1) is 14.0. The molecule has 0 unspecified atom stereocenters. The van der Waals surface area contributed by atoms with Crippen LogP contribution < -0.4 is 15.4 Å². The summed E-state index contributed by atoms with van der Waals surface area (Å²) < 4.78 is 11.9. The van der Waals surface area contributed by atoms with E-state index in [9.17, 15) is 4.79 Å². The van der Waals surface area contributed by atoms with Crippen LogP contribution in [-0.4, -0.2) is 72.9 Å². The highest BCUT2D eigenvalue weighted by atomic mass is 16.5. The van der Waals surface area contributed by atoms with Crippen LogP contribution in [0.1, 0.15) is 18.4 Å². The molecule has 2 aromatic heterocycles. The highest BCUT2D eigenvalue weighted by Crippen LogP contribution is 2.27. The van der Waals surface area contributed by atoms with E-state index in [1.165, 1.54) is 0 Å². The minimum Gasteiger partial charge on any atom is -0.481 e. The summed E-state index contributed by atoms with van der Waals surface area (Å²) in [5.41, 5.74) is 2.52. The molecule has 3 heterocycles. The highest BCUT2D eigenvalue weighted by Gasteiger charge is 2.26. The van der Waals surface area contributed by atoms with Crippen molar-refractivity contribution < 1.29 is 14.3 Å². The van der Waals surface area contributed by atoms with E-state index < -0.39 is 0 Å². The van der Waals surface area contributed by atoms with Crippen molar-refractivity contribution in [3.8, 4) is 17.1 Å². The Morgan fingerprint density at radius 2 is 2.21 bits per heavy atom. The summed E-state index contributed by atoms with van der Waals surface area (Å²) in [5, 5.41) is 10.5. The van der Waals surface area contributed by atoms with Crippen molar-refractivity contribution in [3.63, 3.8) is 0 Å². The second-order valence-electron chi connectivity index (χ2n) is 7.06. The molecule has 0 spiro atoms. The van der Waals surface area contributed by atoms with Crippen molar-refractivity contribution in [3.05, 3.63) is 23.9 Å². The van der Waals surface area contributed by atoms with Gasteiger partial charge < -0.3 is 19.6 Å². The zero-order valence-electron chi connectivity index (χ0n) is 17.4. The molecule has 2 amide bonds. The summed E-state index contributed by atoms with van der Waals surface area (Å²) in [5.74, 6) is 1.23. The van der Waals surface area contributed by atoms with Gasteiger partial charge in [-0.25, -0.2) is 9.78 Å². The Hall–Kier alpha value is -2.59. The van der Waals surface area contributed by atoms with E-state index in [1.54, 1.807) is 31.2 Å². The summed E-state index contributed by atoms with van der Waals surface area (Å²) in [7, 11) is 7.18. The molecule has 9 nitrogen and oxygen atoms in total. The zero-order valence-corrected chi connectivity index (χ0v) is 17.4. The number of ether oxygens (including phenoxy) is 2. The van der Waals surface area contributed by atoms with Crippen LogP contribution >= 0.6 is 0 Å². The van der Waals surface area contributed by atoms with Gasteiger partial charge in [-0.15, -0.1) is 0 Å². The summed E-state index contributed by atoms with van der Waals surface area (Å²) in [6.45, 7) is 4.55. The van der Waals surface area contributed by atoms with Crippen molar-refractivity contribution in [2.24, 2.45) is 7.05 Å². The van der Waals surface area contributed by atoms with Crippen molar-refractivity contribution in [2.45, 2.75) is 25.7 Å². The molecular weight excluding hydrogens is 371 g/mol. The number of amides is 2. The summed E-state index contributed by atoms with van der Waals surface area (Å²) in [6, 6.07) is 3.45. The second kappa shape index (κ2) is 9.75. The topological polar surface area (TPSA) is 93.5 Å². The third kappa shape index (κ3) is 5.27. The number of hydrogen-bond acceptors (Lipinski definition) is 6. The van der Waals surface area contributed by atoms with Gasteiger partial charge in [0.25, 0.3) is 0 Å². The number of aryl methyl sites for hydroxylation is 1. The molecule has 155 valence electrons. The van der Waals surface area contributed by atoms with Crippen LogP contribution in [0.3, 0.4) is 0 Å². The van der Waals surface area contributed by atoms with Gasteiger partial charge in [0, 0.05) is 50.1 Å². The lowest BCUT2D eigenvalue weighted by atomic mass is 9.84. The van der Waals surface area contributed by atoms with Crippen molar-refractivity contribution >= 4 is 19.3 Å². The Balaban J connectivity index is 1.59. The fourth-order valence-corrected chi connectivity index (χ4v) is 3.45. The van der Waals surface area contributed by atoms with Gasteiger partial charge >= 0.3 is 6.03 Å². The van der Waals surface area contributed by atoms with E-state index in [-0.39, 0.29) is 12.0 Å². The standard InChI is InChI=1S/C19H28BN6O3/c1-13-17(14-6-7-16(29-4)21-12-14)24-25(2)18(13)23-19(27)22-15-8-10-26(20-15)9-5-11-28-3/h6-7,12,15H,5,8-11H2,1-4H3,(H2,22,23,27)/t15-/m1/s1. The van der Waals surface area contributed by atoms with Gasteiger partial charge in [0.15, 0.2) is 0 Å². The van der Waals surface area contributed by atoms with E-state index in [0.29, 0.717) is 11.7 Å². The zero-order chi connectivity index (χ0) is 20.8. The number of pyridine rings is 1. The number of carbonyl (C=O) groups excluding carboxylic acids is 1. The average molecular weight is 399 g/mol. The summed E-state index contributed by atoms with van der Waals surface area (Å²) in [4.78, 5) is 19.0. The third-order valence-electron chi connectivity index (χ3n) is 4.96. The molecule has 1 aliphatic heterocycles. The Bertz CT molecular complexity index is 826. The lowest BCUT2D eigenvalue weighted by Gasteiger charge is -2.15.